The maximum Gasteiger partial charge on any atom is 0.145 e. The third-order valence-electron chi connectivity index (χ3n) is 8.42. The maximum absolute atomic E-state index is 14.8. The number of allylic oxidation sites excluding steroid dienone is 2. The lowest BCUT2D eigenvalue weighted by Crippen LogP contribution is -2.14. The molecule has 1 fully saturated rings. The molecule has 2 aromatic carbocycles. The molecule has 1 atom stereocenters. The smallest absolute Gasteiger partial charge is 0.145 e. The van der Waals surface area contributed by atoms with Crippen LogP contribution in [0.1, 0.15) is 102 Å². The molecule has 0 heterocycles. The molecule has 0 aromatic heterocycles. The first-order chi connectivity index (χ1) is 16.5. The van der Waals surface area contributed by atoms with Crippen LogP contribution in [0.5, 0.6) is 0 Å². The largest absolute Gasteiger partial charge is 0.205 e. The fourth-order valence-corrected chi connectivity index (χ4v) is 6.23. The fraction of sp³-hybridized carbons (Fsp3) is 0.562. The van der Waals surface area contributed by atoms with Crippen LogP contribution in [0.4, 0.5) is 4.39 Å². The molecule has 2 aliphatic rings. The van der Waals surface area contributed by atoms with Crippen molar-refractivity contribution in [3.8, 4) is 11.1 Å². The van der Waals surface area contributed by atoms with Crippen molar-refractivity contribution in [1.82, 2.24) is 0 Å². The van der Waals surface area contributed by atoms with Crippen LogP contribution in [0.3, 0.4) is 0 Å². The Hall–Kier alpha value is -1.60. The van der Waals surface area contributed by atoms with E-state index in [0.717, 1.165) is 60.1 Å². The number of benzene rings is 2. The summed E-state index contributed by atoms with van der Waals surface area (Å²) < 4.78 is 14.8. The fourth-order valence-electron chi connectivity index (χ4n) is 5.94. The molecule has 184 valence electrons. The highest BCUT2D eigenvalue weighted by Gasteiger charge is 2.21. The Morgan fingerprint density at radius 1 is 0.853 bits per heavy atom. The van der Waals surface area contributed by atoms with E-state index in [-0.39, 0.29) is 10.8 Å². The Kier molecular flexibility index (Phi) is 9.29. The van der Waals surface area contributed by atoms with E-state index in [1.54, 1.807) is 0 Å². The summed E-state index contributed by atoms with van der Waals surface area (Å²) in [6.07, 6.45) is 18.8. The summed E-state index contributed by atoms with van der Waals surface area (Å²) in [4.78, 5) is 0. The van der Waals surface area contributed by atoms with Crippen molar-refractivity contribution in [3.05, 3.63) is 64.4 Å². The summed E-state index contributed by atoms with van der Waals surface area (Å²) >= 11 is 6.46. The lowest BCUT2D eigenvalue weighted by atomic mass is 9.77. The van der Waals surface area contributed by atoms with Gasteiger partial charge in [0.2, 0.25) is 0 Å². The average molecular weight is 481 g/mol. The molecule has 2 aromatic rings. The van der Waals surface area contributed by atoms with Crippen LogP contribution in [-0.2, 0) is 6.42 Å². The molecule has 4 rings (SSSR count). The quantitative estimate of drug-likeness (QED) is 0.313. The van der Waals surface area contributed by atoms with Gasteiger partial charge in [-0.15, -0.1) is 0 Å². The predicted octanol–water partition coefficient (Wildman–Crippen LogP) is 10.7. The summed E-state index contributed by atoms with van der Waals surface area (Å²) in [6.45, 7) is 4.57. The molecule has 0 bridgehead atoms. The van der Waals surface area contributed by atoms with Crippen LogP contribution in [-0.4, -0.2) is 0 Å². The predicted molar refractivity (Wildman–Crippen MR) is 146 cm³/mol. The van der Waals surface area contributed by atoms with E-state index >= 15 is 0 Å². The second kappa shape index (κ2) is 12.4. The summed E-state index contributed by atoms with van der Waals surface area (Å²) in [7, 11) is 0. The first-order valence-corrected chi connectivity index (χ1v) is 14.2. The number of unbranched alkanes of at least 4 members (excludes halogenated alkanes) is 2. The number of halogens is 2. The molecule has 0 aliphatic heterocycles. The molecule has 1 unspecified atom stereocenters. The van der Waals surface area contributed by atoms with Crippen molar-refractivity contribution in [3.63, 3.8) is 0 Å². The van der Waals surface area contributed by atoms with Gasteiger partial charge in [0.05, 0.1) is 5.02 Å². The van der Waals surface area contributed by atoms with E-state index in [2.05, 4.69) is 44.2 Å². The number of rotatable bonds is 9. The van der Waals surface area contributed by atoms with E-state index in [1.807, 2.05) is 12.1 Å². The molecule has 0 spiro atoms. The van der Waals surface area contributed by atoms with Gasteiger partial charge in [-0.25, -0.2) is 4.39 Å². The number of hydrogen-bond acceptors (Lipinski definition) is 0. The van der Waals surface area contributed by atoms with Crippen molar-refractivity contribution < 1.29 is 4.39 Å². The minimum absolute atomic E-state index is 0.247. The minimum atomic E-state index is -0.247. The van der Waals surface area contributed by atoms with Gasteiger partial charge in [0.1, 0.15) is 5.82 Å². The van der Waals surface area contributed by atoms with Crippen LogP contribution in [0.2, 0.25) is 5.02 Å². The van der Waals surface area contributed by atoms with Crippen LogP contribution < -0.4 is 0 Å². The van der Waals surface area contributed by atoms with Crippen LogP contribution >= 0.6 is 11.6 Å². The van der Waals surface area contributed by atoms with E-state index in [0.29, 0.717) is 0 Å². The minimum Gasteiger partial charge on any atom is -0.205 e. The molecule has 0 radical (unpaired) electrons. The first-order valence-electron chi connectivity index (χ1n) is 13.8. The first kappa shape index (κ1) is 25.5. The van der Waals surface area contributed by atoms with Gasteiger partial charge in [0, 0.05) is 5.56 Å². The van der Waals surface area contributed by atoms with E-state index in [1.165, 1.54) is 68.9 Å². The van der Waals surface area contributed by atoms with Crippen LogP contribution in [0, 0.1) is 23.6 Å². The molecule has 0 amide bonds. The van der Waals surface area contributed by atoms with Gasteiger partial charge in [-0.1, -0.05) is 113 Å². The molecule has 0 saturated heterocycles. The Morgan fingerprint density at radius 2 is 1.56 bits per heavy atom. The van der Waals surface area contributed by atoms with Crippen molar-refractivity contribution in [2.45, 2.75) is 97.3 Å². The third kappa shape index (κ3) is 6.54. The molecule has 0 nitrogen and oxygen atoms in total. The SMILES string of the molecule is CCCCCc1ccc(-c2ccc(C3=CCC(CCC4CCC(C)CC4)CC3)cc2)c(Cl)c1F. The monoisotopic (exact) mass is 480 g/mol. The molecular weight excluding hydrogens is 439 g/mol. The Balaban J connectivity index is 1.33. The zero-order valence-corrected chi connectivity index (χ0v) is 22.0. The molecule has 0 N–H and O–H groups in total. The highest BCUT2D eigenvalue weighted by Crippen LogP contribution is 2.38. The summed E-state index contributed by atoms with van der Waals surface area (Å²) in [6, 6.07) is 12.5. The van der Waals surface area contributed by atoms with Gasteiger partial charge in [-0.3, -0.25) is 0 Å². The lowest BCUT2D eigenvalue weighted by Gasteiger charge is -2.28. The average Bonchev–Trinajstić information content (AvgIpc) is 2.87. The Labute approximate surface area is 212 Å². The van der Waals surface area contributed by atoms with Gasteiger partial charge < -0.3 is 0 Å². The Bertz CT molecular complexity index is 950. The standard InChI is InChI=1S/C32H42ClF/c1-3-4-5-6-29-21-22-30(31(33)32(29)34)28-19-17-27(18-20-28)26-15-13-25(14-16-26)12-11-24-9-7-23(2)8-10-24/h15,17-25H,3-14,16H2,1-2H3. The highest BCUT2D eigenvalue weighted by atomic mass is 35.5. The highest BCUT2D eigenvalue weighted by molar-refractivity contribution is 6.33. The second-order valence-corrected chi connectivity index (χ2v) is 11.4. The molecule has 34 heavy (non-hydrogen) atoms. The summed E-state index contributed by atoms with van der Waals surface area (Å²) in [5, 5.41) is 0.258. The van der Waals surface area contributed by atoms with E-state index in [4.69, 9.17) is 11.6 Å². The van der Waals surface area contributed by atoms with Gasteiger partial charge in [0.15, 0.2) is 0 Å². The third-order valence-corrected chi connectivity index (χ3v) is 8.79. The van der Waals surface area contributed by atoms with Crippen LogP contribution in [0.15, 0.2) is 42.5 Å². The molecule has 2 aliphatic carbocycles. The topological polar surface area (TPSA) is 0 Å². The Morgan fingerprint density at radius 3 is 2.24 bits per heavy atom. The number of aryl methyl sites for hydroxylation is 1. The van der Waals surface area contributed by atoms with Crippen molar-refractivity contribution >= 4 is 17.2 Å². The van der Waals surface area contributed by atoms with Gasteiger partial charge in [-0.05, 0) is 78.5 Å². The van der Waals surface area contributed by atoms with Gasteiger partial charge in [-0.2, -0.15) is 0 Å². The van der Waals surface area contributed by atoms with Crippen molar-refractivity contribution in [2.24, 2.45) is 17.8 Å². The normalized spacial score (nSPS) is 23.1. The molecule has 2 heteroatoms. The van der Waals surface area contributed by atoms with E-state index < -0.39 is 0 Å². The molecular formula is C32H42ClF. The van der Waals surface area contributed by atoms with Gasteiger partial charge >= 0.3 is 0 Å². The maximum atomic E-state index is 14.8. The zero-order chi connectivity index (χ0) is 23.9. The summed E-state index contributed by atoms with van der Waals surface area (Å²) in [5.41, 5.74) is 5.29. The van der Waals surface area contributed by atoms with Crippen LogP contribution in [0.25, 0.3) is 16.7 Å². The summed E-state index contributed by atoms with van der Waals surface area (Å²) in [5.74, 6) is 2.55. The van der Waals surface area contributed by atoms with Crippen molar-refractivity contribution in [1.29, 1.82) is 0 Å². The lowest BCUT2D eigenvalue weighted by molar-refractivity contribution is 0.257. The number of hydrogen-bond donors (Lipinski definition) is 0. The van der Waals surface area contributed by atoms with Crippen molar-refractivity contribution in [2.75, 3.05) is 0 Å². The van der Waals surface area contributed by atoms with Gasteiger partial charge in [0.25, 0.3) is 0 Å². The zero-order valence-electron chi connectivity index (χ0n) is 21.2. The van der Waals surface area contributed by atoms with E-state index in [9.17, 15) is 4.39 Å². The second-order valence-electron chi connectivity index (χ2n) is 11.0. The molecule has 1 saturated carbocycles.